The Bertz CT molecular complexity index is 732. The van der Waals surface area contributed by atoms with Crippen LogP contribution in [0.15, 0.2) is 30.3 Å². The van der Waals surface area contributed by atoms with Gasteiger partial charge >= 0.3 is 0 Å². The van der Waals surface area contributed by atoms with Crippen LogP contribution in [-0.2, 0) is 6.42 Å². The van der Waals surface area contributed by atoms with Gasteiger partial charge in [0.05, 0.1) is 0 Å². The van der Waals surface area contributed by atoms with Gasteiger partial charge in [-0.3, -0.25) is 0 Å². The normalized spacial score (nSPS) is 11.1. The first kappa shape index (κ1) is 12.6. The first-order valence-corrected chi connectivity index (χ1v) is 7.29. The van der Waals surface area contributed by atoms with E-state index in [0.29, 0.717) is 11.6 Å². The molecule has 0 fully saturated rings. The van der Waals surface area contributed by atoms with E-state index in [2.05, 4.69) is 48.1 Å². The van der Waals surface area contributed by atoms with Crippen LogP contribution in [0.4, 0.5) is 0 Å². The van der Waals surface area contributed by atoms with Gasteiger partial charge in [0.1, 0.15) is 15.8 Å². The van der Waals surface area contributed by atoms with Crippen LogP contribution >= 0.6 is 22.9 Å². The van der Waals surface area contributed by atoms with Gasteiger partial charge in [0.2, 0.25) is 0 Å². The molecule has 0 saturated carbocycles. The summed E-state index contributed by atoms with van der Waals surface area (Å²) in [5, 5.41) is 1.51. The van der Waals surface area contributed by atoms with Crippen molar-refractivity contribution in [1.82, 2.24) is 9.97 Å². The number of nitrogens with zero attached hydrogens (tertiary/aromatic N) is 2. The summed E-state index contributed by atoms with van der Waals surface area (Å²) in [6.45, 7) is 4.14. The topological polar surface area (TPSA) is 25.8 Å². The molecule has 2 nitrogen and oxygen atoms in total. The molecule has 0 saturated heterocycles. The van der Waals surface area contributed by atoms with Crippen LogP contribution in [0.3, 0.4) is 0 Å². The lowest BCUT2D eigenvalue weighted by Crippen LogP contribution is -1.96. The van der Waals surface area contributed by atoms with Crippen molar-refractivity contribution in [2.75, 3.05) is 0 Å². The lowest BCUT2D eigenvalue weighted by atomic mass is 10.1. The Labute approximate surface area is 121 Å². The molecule has 2 heterocycles. The number of thiophene rings is 1. The maximum Gasteiger partial charge on any atom is 0.141 e. The van der Waals surface area contributed by atoms with Crippen molar-refractivity contribution >= 4 is 33.2 Å². The van der Waals surface area contributed by atoms with Crippen molar-refractivity contribution in [2.24, 2.45) is 0 Å². The minimum atomic E-state index is 0.552. The maximum atomic E-state index is 6.22. The van der Waals surface area contributed by atoms with E-state index in [1.54, 1.807) is 11.3 Å². The van der Waals surface area contributed by atoms with Crippen LogP contribution in [0.1, 0.15) is 21.8 Å². The third kappa shape index (κ3) is 2.62. The SMILES string of the molecule is Cc1ccc(Cc2nc(Cl)c3cc(C)sc3n2)cc1. The van der Waals surface area contributed by atoms with Gasteiger partial charge in [0.15, 0.2) is 0 Å². The summed E-state index contributed by atoms with van der Waals surface area (Å²) < 4.78 is 0. The number of hydrogen-bond donors (Lipinski definition) is 0. The van der Waals surface area contributed by atoms with Crippen molar-refractivity contribution in [3.05, 3.63) is 57.3 Å². The Morgan fingerprint density at radius 3 is 2.58 bits per heavy atom. The van der Waals surface area contributed by atoms with Crippen molar-refractivity contribution < 1.29 is 0 Å². The van der Waals surface area contributed by atoms with Gasteiger partial charge in [0.25, 0.3) is 0 Å². The van der Waals surface area contributed by atoms with Gasteiger partial charge in [-0.25, -0.2) is 9.97 Å². The lowest BCUT2D eigenvalue weighted by molar-refractivity contribution is 0.996. The molecule has 0 N–H and O–H groups in total. The Morgan fingerprint density at radius 1 is 1.11 bits per heavy atom. The number of benzene rings is 1. The molecule has 0 radical (unpaired) electrons. The van der Waals surface area contributed by atoms with E-state index in [0.717, 1.165) is 16.0 Å². The highest BCUT2D eigenvalue weighted by Gasteiger charge is 2.09. The van der Waals surface area contributed by atoms with Crippen LogP contribution in [0.5, 0.6) is 0 Å². The molecule has 1 aromatic carbocycles. The molecule has 0 atom stereocenters. The highest BCUT2D eigenvalue weighted by molar-refractivity contribution is 7.18. The zero-order chi connectivity index (χ0) is 13.4. The third-order valence-electron chi connectivity index (χ3n) is 3.00. The molecule has 0 aliphatic rings. The second kappa shape index (κ2) is 4.91. The van der Waals surface area contributed by atoms with E-state index in [9.17, 15) is 0 Å². The second-order valence-electron chi connectivity index (χ2n) is 4.67. The van der Waals surface area contributed by atoms with Crippen LogP contribution < -0.4 is 0 Å². The molecule has 3 rings (SSSR count). The number of halogens is 1. The number of rotatable bonds is 2. The molecule has 0 bridgehead atoms. The summed E-state index contributed by atoms with van der Waals surface area (Å²) in [6, 6.07) is 10.5. The van der Waals surface area contributed by atoms with Crippen molar-refractivity contribution in [1.29, 1.82) is 0 Å². The van der Waals surface area contributed by atoms with Crippen LogP contribution in [0.25, 0.3) is 10.2 Å². The van der Waals surface area contributed by atoms with Gasteiger partial charge in [-0.2, -0.15) is 0 Å². The van der Waals surface area contributed by atoms with E-state index in [4.69, 9.17) is 11.6 Å². The van der Waals surface area contributed by atoms with E-state index in [-0.39, 0.29) is 0 Å². The predicted molar refractivity (Wildman–Crippen MR) is 81.1 cm³/mol. The summed E-state index contributed by atoms with van der Waals surface area (Å²) in [4.78, 5) is 11.2. The van der Waals surface area contributed by atoms with E-state index in [1.807, 2.05) is 6.07 Å². The average molecular weight is 289 g/mol. The number of hydrogen-bond acceptors (Lipinski definition) is 3. The molecule has 0 spiro atoms. The molecule has 0 amide bonds. The first-order chi connectivity index (χ1) is 9.11. The Kier molecular flexibility index (Phi) is 3.25. The summed E-state index contributed by atoms with van der Waals surface area (Å²) in [5.41, 5.74) is 2.46. The van der Waals surface area contributed by atoms with E-state index >= 15 is 0 Å². The van der Waals surface area contributed by atoms with E-state index in [1.165, 1.54) is 16.0 Å². The molecule has 96 valence electrons. The van der Waals surface area contributed by atoms with Crippen molar-refractivity contribution in [2.45, 2.75) is 20.3 Å². The summed E-state index contributed by atoms with van der Waals surface area (Å²) in [6.07, 6.45) is 0.715. The van der Waals surface area contributed by atoms with Crippen LogP contribution in [0.2, 0.25) is 5.15 Å². The summed E-state index contributed by atoms with van der Waals surface area (Å²) >= 11 is 7.88. The molecule has 0 aliphatic heterocycles. The minimum absolute atomic E-state index is 0.552. The van der Waals surface area contributed by atoms with Crippen LogP contribution in [0, 0.1) is 13.8 Å². The second-order valence-corrected chi connectivity index (χ2v) is 6.26. The molecule has 2 aromatic heterocycles. The van der Waals surface area contributed by atoms with Gasteiger partial charge in [-0.1, -0.05) is 41.4 Å². The highest BCUT2D eigenvalue weighted by atomic mass is 35.5. The largest absolute Gasteiger partial charge is 0.222 e. The summed E-state index contributed by atoms with van der Waals surface area (Å²) in [5.74, 6) is 0.781. The molecule has 4 heteroatoms. The lowest BCUT2D eigenvalue weighted by Gasteiger charge is -2.02. The van der Waals surface area contributed by atoms with Crippen LogP contribution in [-0.4, -0.2) is 9.97 Å². The monoisotopic (exact) mass is 288 g/mol. The zero-order valence-corrected chi connectivity index (χ0v) is 12.3. The fourth-order valence-electron chi connectivity index (χ4n) is 2.02. The Morgan fingerprint density at radius 2 is 1.84 bits per heavy atom. The Hall–Kier alpha value is -1.45. The highest BCUT2D eigenvalue weighted by Crippen LogP contribution is 2.28. The predicted octanol–water partition coefficient (Wildman–Crippen LogP) is 4.55. The maximum absolute atomic E-state index is 6.22. The van der Waals surface area contributed by atoms with Gasteiger partial charge in [-0.05, 0) is 25.5 Å². The molecule has 3 aromatic rings. The average Bonchev–Trinajstić information content (AvgIpc) is 2.73. The minimum Gasteiger partial charge on any atom is -0.222 e. The molecular weight excluding hydrogens is 276 g/mol. The number of aryl methyl sites for hydroxylation is 2. The van der Waals surface area contributed by atoms with Gasteiger partial charge in [-0.15, -0.1) is 11.3 Å². The molecular formula is C15H13ClN2S. The van der Waals surface area contributed by atoms with Gasteiger partial charge in [0, 0.05) is 16.7 Å². The first-order valence-electron chi connectivity index (χ1n) is 6.10. The third-order valence-corrected chi connectivity index (χ3v) is 4.23. The Balaban J connectivity index is 1.98. The smallest absolute Gasteiger partial charge is 0.141 e. The molecule has 19 heavy (non-hydrogen) atoms. The molecule has 0 aliphatic carbocycles. The van der Waals surface area contributed by atoms with E-state index < -0.39 is 0 Å². The number of fused-ring (bicyclic) bond motifs is 1. The van der Waals surface area contributed by atoms with Crippen molar-refractivity contribution in [3.63, 3.8) is 0 Å². The standard InChI is InChI=1S/C15H13ClN2S/c1-9-3-5-11(6-4-9)8-13-17-14(16)12-7-10(2)19-15(12)18-13/h3-7H,8H2,1-2H3. The quantitative estimate of drug-likeness (QED) is 0.646. The fourth-order valence-corrected chi connectivity index (χ4v) is 3.21. The fraction of sp³-hybridized carbons (Fsp3) is 0.200. The zero-order valence-electron chi connectivity index (χ0n) is 10.8. The molecule has 0 unspecified atom stereocenters. The van der Waals surface area contributed by atoms with Crippen molar-refractivity contribution in [3.8, 4) is 0 Å². The van der Waals surface area contributed by atoms with Gasteiger partial charge < -0.3 is 0 Å². The summed E-state index contributed by atoms with van der Waals surface area (Å²) in [7, 11) is 0. The number of aromatic nitrogens is 2.